The lowest BCUT2D eigenvalue weighted by Crippen LogP contribution is -2.21. The Morgan fingerprint density at radius 2 is 1.80 bits per heavy atom. The molecule has 0 aromatic heterocycles. The van der Waals surface area contributed by atoms with Crippen LogP contribution in [0.1, 0.15) is 0 Å². The van der Waals surface area contributed by atoms with Crippen molar-refractivity contribution >= 4 is 23.1 Å². The molecule has 0 fully saturated rings. The highest BCUT2D eigenvalue weighted by Crippen LogP contribution is 2.00. The van der Waals surface area contributed by atoms with Crippen LogP contribution in [0.4, 0.5) is 0 Å². The highest BCUT2D eigenvalue weighted by atomic mass is 32.2. The molecule has 0 N–H and O–H groups in total. The maximum Gasteiger partial charge on any atom is 0.238 e. The van der Waals surface area contributed by atoms with Crippen molar-refractivity contribution in [2.45, 2.75) is 6.82 Å². The number of benzene rings is 1. The largest absolute Gasteiger partial charge is 0.238 e. The number of hydrogen-bond donors (Lipinski definition) is 0. The van der Waals surface area contributed by atoms with E-state index in [1.807, 2.05) is 11.6 Å². The van der Waals surface area contributed by atoms with E-state index in [1.165, 1.54) is 5.46 Å². The van der Waals surface area contributed by atoms with Crippen LogP contribution in [0.3, 0.4) is 0 Å². The fraction of sp³-hybridized carbons (Fsp3) is 0.250. The molecule has 0 bridgehead atoms. The summed E-state index contributed by atoms with van der Waals surface area (Å²) in [4.78, 5) is 0. The molecule has 0 aliphatic heterocycles. The summed E-state index contributed by atoms with van der Waals surface area (Å²) in [7, 11) is 0. The predicted octanol–water partition coefficient (Wildman–Crippen LogP) is 1.88. The van der Waals surface area contributed by atoms with Gasteiger partial charge in [-0.3, -0.25) is 0 Å². The van der Waals surface area contributed by atoms with Gasteiger partial charge < -0.3 is 0 Å². The Morgan fingerprint density at radius 1 is 1.20 bits per heavy atom. The summed E-state index contributed by atoms with van der Waals surface area (Å²) >= 11 is 1.88. The first-order valence-electron chi connectivity index (χ1n) is 3.42. The van der Waals surface area contributed by atoms with Crippen LogP contribution < -0.4 is 5.46 Å². The molecule has 1 aromatic carbocycles. The molecule has 0 unspecified atom stereocenters. The van der Waals surface area contributed by atoms with E-state index in [0.29, 0.717) is 5.99 Å². The van der Waals surface area contributed by atoms with Crippen molar-refractivity contribution in [3.05, 3.63) is 30.3 Å². The minimum atomic E-state index is 0.626. The Hall–Kier alpha value is -0.365. The normalized spacial score (nSPS) is 9.40. The molecule has 0 spiro atoms. The van der Waals surface area contributed by atoms with Gasteiger partial charge in [-0.25, -0.2) is 11.6 Å². The summed E-state index contributed by atoms with van der Waals surface area (Å²) in [5.74, 6) is 0.626. The van der Waals surface area contributed by atoms with Crippen molar-refractivity contribution in [1.29, 1.82) is 0 Å². The molecule has 1 aromatic rings. The molecule has 0 aliphatic carbocycles. The molecule has 0 atom stereocenters. The summed E-state index contributed by atoms with van der Waals surface area (Å²) in [5, 5.41) is 0. The van der Waals surface area contributed by atoms with Gasteiger partial charge in [-0.05, 0) is 6.26 Å². The molecule has 0 saturated carbocycles. The van der Waals surface area contributed by atoms with Crippen molar-refractivity contribution in [2.24, 2.45) is 0 Å². The zero-order valence-electron chi connectivity index (χ0n) is 6.37. The lowest BCUT2D eigenvalue weighted by Gasteiger charge is -2.02. The molecule has 2 heteroatoms. The van der Waals surface area contributed by atoms with Gasteiger partial charge in [-0.15, -0.1) is 0 Å². The van der Waals surface area contributed by atoms with Gasteiger partial charge in [0.05, 0.1) is 0 Å². The Morgan fingerprint density at radius 3 is 2.30 bits per heavy atom. The lowest BCUT2D eigenvalue weighted by atomic mass is 9.71. The molecule has 1 rings (SSSR count). The molecule has 0 aliphatic rings. The summed E-state index contributed by atoms with van der Waals surface area (Å²) in [6.07, 6.45) is 2.14. The lowest BCUT2D eigenvalue weighted by molar-refractivity contribution is 1.76. The molecule has 0 saturated heterocycles. The highest BCUT2D eigenvalue weighted by molar-refractivity contribution is 8.26. The standard InChI is InChI=1S/C8H11BS/c1-9(10-2)8-6-4-3-5-7-8/h3-7H,1-2H3. The minimum absolute atomic E-state index is 0.626. The second-order valence-corrected chi connectivity index (χ2v) is 3.47. The minimum Gasteiger partial charge on any atom is -0.207 e. The first-order valence-corrected chi connectivity index (χ1v) is 4.71. The monoisotopic (exact) mass is 150 g/mol. The maximum atomic E-state index is 2.22. The van der Waals surface area contributed by atoms with Crippen molar-refractivity contribution < 1.29 is 0 Å². The third-order valence-electron chi connectivity index (χ3n) is 1.62. The van der Waals surface area contributed by atoms with E-state index in [2.05, 4.69) is 43.4 Å². The average molecular weight is 150 g/mol. The van der Waals surface area contributed by atoms with E-state index in [1.54, 1.807) is 0 Å². The van der Waals surface area contributed by atoms with Gasteiger partial charge in [0.25, 0.3) is 0 Å². The third kappa shape index (κ3) is 1.81. The van der Waals surface area contributed by atoms with Gasteiger partial charge in [0, 0.05) is 0 Å². The number of rotatable bonds is 2. The first kappa shape index (κ1) is 7.74. The zero-order valence-corrected chi connectivity index (χ0v) is 7.19. The van der Waals surface area contributed by atoms with Crippen LogP contribution in [-0.2, 0) is 0 Å². The van der Waals surface area contributed by atoms with Gasteiger partial charge >= 0.3 is 0 Å². The second kappa shape index (κ2) is 3.72. The topological polar surface area (TPSA) is 0 Å². The van der Waals surface area contributed by atoms with E-state index < -0.39 is 0 Å². The summed E-state index contributed by atoms with van der Waals surface area (Å²) < 4.78 is 0. The van der Waals surface area contributed by atoms with Crippen LogP contribution in [0, 0.1) is 0 Å². The molecular weight excluding hydrogens is 139 g/mol. The molecule has 0 radical (unpaired) electrons. The average Bonchev–Trinajstić information content (AvgIpc) is 2.05. The third-order valence-corrected chi connectivity index (χ3v) is 2.60. The van der Waals surface area contributed by atoms with Crippen LogP contribution in [0.25, 0.3) is 0 Å². The van der Waals surface area contributed by atoms with Crippen LogP contribution in [0.5, 0.6) is 0 Å². The van der Waals surface area contributed by atoms with Gasteiger partial charge in [0.2, 0.25) is 5.99 Å². The maximum absolute atomic E-state index is 2.22. The summed E-state index contributed by atoms with van der Waals surface area (Å²) in [6.45, 7) is 2.22. The number of hydrogen-bond acceptors (Lipinski definition) is 1. The molecule has 10 heavy (non-hydrogen) atoms. The quantitative estimate of drug-likeness (QED) is 0.580. The molecular formula is C8H11BS. The SMILES string of the molecule is CSB(C)c1ccccc1. The van der Waals surface area contributed by atoms with Gasteiger partial charge in [-0.1, -0.05) is 42.6 Å². The molecule has 0 amide bonds. The van der Waals surface area contributed by atoms with Crippen LogP contribution in [-0.4, -0.2) is 12.2 Å². The Bertz CT molecular complexity index is 186. The summed E-state index contributed by atoms with van der Waals surface area (Å²) in [5.41, 5.74) is 1.41. The van der Waals surface area contributed by atoms with E-state index in [9.17, 15) is 0 Å². The smallest absolute Gasteiger partial charge is 0.207 e. The van der Waals surface area contributed by atoms with Gasteiger partial charge in [0.1, 0.15) is 0 Å². The highest BCUT2D eigenvalue weighted by Gasteiger charge is 2.05. The summed E-state index contributed by atoms with van der Waals surface area (Å²) in [6, 6.07) is 10.6. The van der Waals surface area contributed by atoms with Crippen LogP contribution in [0.15, 0.2) is 30.3 Å². The first-order chi connectivity index (χ1) is 4.84. The molecule has 0 nitrogen and oxygen atoms in total. The molecule has 52 valence electrons. The van der Waals surface area contributed by atoms with Crippen LogP contribution >= 0.6 is 11.6 Å². The Kier molecular flexibility index (Phi) is 2.88. The molecule has 0 heterocycles. The van der Waals surface area contributed by atoms with Crippen molar-refractivity contribution in [3.63, 3.8) is 0 Å². The Labute approximate surface area is 67.0 Å². The Balaban J connectivity index is 2.75. The van der Waals surface area contributed by atoms with Gasteiger partial charge in [0.15, 0.2) is 0 Å². The second-order valence-electron chi connectivity index (χ2n) is 2.29. The predicted molar refractivity (Wildman–Crippen MR) is 51.2 cm³/mol. The van der Waals surface area contributed by atoms with E-state index >= 15 is 0 Å². The fourth-order valence-electron chi connectivity index (χ4n) is 0.860. The van der Waals surface area contributed by atoms with Crippen molar-refractivity contribution in [1.82, 2.24) is 0 Å². The van der Waals surface area contributed by atoms with E-state index in [4.69, 9.17) is 0 Å². The van der Waals surface area contributed by atoms with E-state index in [-0.39, 0.29) is 0 Å². The van der Waals surface area contributed by atoms with Crippen molar-refractivity contribution in [3.8, 4) is 0 Å². The van der Waals surface area contributed by atoms with E-state index in [0.717, 1.165) is 0 Å². The van der Waals surface area contributed by atoms with Crippen LogP contribution in [0.2, 0.25) is 6.82 Å². The zero-order chi connectivity index (χ0) is 7.40. The van der Waals surface area contributed by atoms with Crippen molar-refractivity contribution in [2.75, 3.05) is 6.26 Å². The van der Waals surface area contributed by atoms with Gasteiger partial charge in [-0.2, -0.15) is 0 Å². The fourth-order valence-corrected chi connectivity index (χ4v) is 1.29.